The van der Waals surface area contributed by atoms with Crippen molar-refractivity contribution in [1.29, 1.82) is 5.26 Å². The lowest BCUT2D eigenvalue weighted by atomic mass is 10.2. The highest BCUT2D eigenvalue weighted by Gasteiger charge is 2.13. The number of rotatable bonds is 0. The van der Waals surface area contributed by atoms with Crippen LogP contribution in [0.5, 0.6) is 0 Å². The molecule has 0 spiro atoms. The fraction of sp³-hybridized carbons (Fsp3) is 0. The van der Waals surface area contributed by atoms with Gasteiger partial charge in [-0.25, -0.2) is 4.98 Å². The highest BCUT2D eigenvalue weighted by Crippen LogP contribution is 2.28. The zero-order valence-corrected chi connectivity index (χ0v) is 8.04. The van der Waals surface area contributed by atoms with E-state index in [2.05, 4.69) is 4.98 Å². The predicted molar refractivity (Wildman–Crippen MR) is 55.2 cm³/mol. The lowest BCUT2D eigenvalue weighted by molar-refractivity contribution is -0.603. The lowest BCUT2D eigenvalue weighted by Crippen LogP contribution is -2.23. The highest BCUT2D eigenvalue weighted by atomic mass is 16.5. The largest absolute Gasteiger partial charge is 0.619 e. The standard InChI is InChI=1S/C11H5N3O2/c12-5-8-11-7-6-14(15)4-2-9(7)16-10(11)1-3-13-8/h1-4,6H. The smallest absolute Gasteiger partial charge is 0.192 e. The molecule has 5 nitrogen and oxygen atoms in total. The fourth-order valence-electron chi connectivity index (χ4n) is 1.73. The predicted octanol–water partition coefficient (Wildman–Crippen LogP) is 1.49. The molecule has 0 aromatic carbocycles. The number of hydrogen-bond acceptors (Lipinski definition) is 4. The molecular weight excluding hydrogens is 206 g/mol. The molecule has 0 saturated heterocycles. The van der Waals surface area contributed by atoms with Crippen molar-refractivity contribution in [3.8, 4) is 6.07 Å². The molecule has 3 aromatic heterocycles. The Labute approximate surface area is 89.7 Å². The topological polar surface area (TPSA) is 76.8 Å². The van der Waals surface area contributed by atoms with Gasteiger partial charge in [0.2, 0.25) is 0 Å². The summed E-state index contributed by atoms with van der Waals surface area (Å²) in [5, 5.41) is 21.3. The monoisotopic (exact) mass is 211 g/mol. The lowest BCUT2D eigenvalue weighted by Gasteiger charge is -1.93. The summed E-state index contributed by atoms with van der Waals surface area (Å²) >= 11 is 0. The molecule has 0 saturated carbocycles. The van der Waals surface area contributed by atoms with Crippen LogP contribution >= 0.6 is 0 Å². The van der Waals surface area contributed by atoms with Crippen LogP contribution in [0.25, 0.3) is 21.9 Å². The van der Waals surface area contributed by atoms with Gasteiger partial charge in [0.15, 0.2) is 18.1 Å². The van der Waals surface area contributed by atoms with E-state index >= 15 is 0 Å². The van der Waals surface area contributed by atoms with Gasteiger partial charge in [-0.05, 0) is 6.07 Å². The average molecular weight is 211 g/mol. The van der Waals surface area contributed by atoms with Gasteiger partial charge >= 0.3 is 0 Å². The summed E-state index contributed by atoms with van der Waals surface area (Å²) in [5.74, 6) is 0. The highest BCUT2D eigenvalue weighted by molar-refractivity contribution is 6.06. The first-order valence-corrected chi connectivity index (χ1v) is 4.60. The Morgan fingerprint density at radius 1 is 1.38 bits per heavy atom. The molecule has 16 heavy (non-hydrogen) atoms. The number of furan rings is 1. The van der Waals surface area contributed by atoms with Gasteiger partial charge in [-0.3, -0.25) is 0 Å². The maximum atomic E-state index is 11.2. The normalized spacial score (nSPS) is 10.7. The SMILES string of the molecule is N#Cc1nccc2oc3cc[n+]([O-])cc3c12. The maximum Gasteiger partial charge on any atom is 0.192 e. The Kier molecular flexibility index (Phi) is 1.59. The van der Waals surface area contributed by atoms with Crippen molar-refractivity contribution in [3.63, 3.8) is 0 Å². The molecule has 0 aliphatic rings. The summed E-state index contributed by atoms with van der Waals surface area (Å²) in [6.07, 6.45) is 4.24. The number of nitriles is 1. The van der Waals surface area contributed by atoms with Crippen molar-refractivity contribution in [1.82, 2.24) is 4.98 Å². The van der Waals surface area contributed by atoms with Gasteiger partial charge < -0.3 is 9.62 Å². The van der Waals surface area contributed by atoms with E-state index < -0.39 is 0 Å². The molecule has 3 heterocycles. The molecule has 0 radical (unpaired) electrons. The van der Waals surface area contributed by atoms with Crippen LogP contribution in [-0.2, 0) is 0 Å². The van der Waals surface area contributed by atoms with Crippen molar-refractivity contribution in [3.05, 3.63) is 41.6 Å². The van der Waals surface area contributed by atoms with Crippen molar-refractivity contribution in [2.24, 2.45) is 0 Å². The Bertz CT molecular complexity index is 740. The Balaban J connectivity index is 2.61. The number of aromatic nitrogens is 2. The maximum absolute atomic E-state index is 11.2. The Morgan fingerprint density at radius 2 is 2.25 bits per heavy atom. The molecule has 0 unspecified atom stereocenters. The van der Waals surface area contributed by atoms with Crippen molar-refractivity contribution in [2.45, 2.75) is 0 Å². The van der Waals surface area contributed by atoms with Gasteiger partial charge in [-0.15, -0.1) is 0 Å². The van der Waals surface area contributed by atoms with E-state index in [0.29, 0.717) is 26.7 Å². The van der Waals surface area contributed by atoms with E-state index in [-0.39, 0.29) is 5.69 Å². The second kappa shape index (κ2) is 2.94. The molecule has 3 aromatic rings. The summed E-state index contributed by atoms with van der Waals surface area (Å²) in [7, 11) is 0. The van der Waals surface area contributed by atoms with E-state index in [4.69, 9.17) is 9.68 Å². The molecule has 0 N–H and O–H groups in total. The third kappa shape index (κ3) is 1.04. The van der Waals surface area contributed by atoms with Gasteiger partial charge in [-0.1, -0.05) is 0 Å². The quantitative estimate of drug-likeness (QED) is 0.417. The molecule has 76 valence electrons. The molecule has 0 aliphatic carbocycles. The van der Waals surface area contributed by atoms with Crippen LogP contribution in [0.3, 0.4) is 0 Å². The first kappa shape index (κ1) is 8.68. The fourth-order valence-corrected chi connectivity index (χ4v) is 1.73. The molecular formula is C11H5N3O2. The average Bonchev–Trinajstić information content (AvgIpc) is 2.66. The van der Waals surface area contributed by atoms with Crippen LogP contribution in [0.1, 0.15) is 5.69 Å². The number of pyridine rings is 2. The molecule has 0 amide bonds. The van der Waals surface area contributed by atoms with Crippen molar-refractivity contribution in [2.75, 3.05) is 0 Å². The molecule has 0 fully saturated rings. The van der Waals surface area contributed by atoms with Crippen LogP contribution in [0.4, 0.5) is 0 Å². The van der Waals surface area contributed by atoms with E-state index in [1.54, 1.807) is 12.1 Å². The second-order valence-electron chi connectivity index (χ2n) is 3.33. The third-order valence-electron chi connectivity index (χ3n) is 2.40. The van der Waals surface area contributed by atoms with Gasteiger partial charge in [-0.2, -0.15) is 9.99 Å². The minimum atomic E-state index is 0.266. The third-order valence-corrected chi connectivity index (χ3v) is 2.40. The summed E-state index contributed by atoms with van der Waals surface area (Å²) in [6.45, 7) is 0. The van der Waals surface area contributed by atoms with E-state index in [1.807, 2.05) is 6.07 Å². The summed E-state index contributed by atoms with van der Waals surface area (Å²) in [5.41, 5.74) is 1.40. The van der Waals surface area contributed by atoms with Crippen LogP contribution in [0.2, 0.25) is 0 Å². The summed E-state index contributed by atoms with van der Waals surface area (Å²) in [6, 6.07) is 5.23. The van der Waals surface area contributed by atoms with Crippen molar-refractivity contribution >= 4 is 21.9 Å². The first-order valence-electron chi connectivity index (χ1n) is 4.60. The van der Waals surface area contributed by atoms with Gasteiger partial charge in [0.05, 0.1) is 10.8 Å². The van der Waals surface area contributed by atoms with E-state index in [0.717, 1.165) is 0 Å². The van der Waals surface area contributed by atoms with Crippen LogP contribution < -0.4 is 4.73 Å². The molecule has 5 heteroatoms. The minimum Gasteiger partial charge on any atom is -0.619 e. The van der Waals surface area contributed by atoms with E-state index in [1.165, 1.54) is 18.6 Å². The van der Waals surface area contributed by atoms with Crippen LogP contribution in [0.15, 0.2) is 35.1 Å². The summed E-state index contributed by atoms with van der Waals surface area (Å²) < 4.78 is 6.18. The van der Waals surface area contributed by atoms with Gasteiger partial charge in [0.25, 0.3) is 0 Å². The minimum absolute atomic E-state index is 0.266. The number of fused-ring (bicyclic) bond motifs is 3. The summed E-state index contributed by atoms with van der Waals surface area (Å²) in [4.78, 5) is 3.94. The Hall–Kier alpha value is -2.61. The molecule has 3 rings (SSSR count). The van der Waals surface area contributed by atoms with Crippen molar-refractivity contribution < 1.29 is 9.15 Å². The number of hydrogen-bond donors (Lipinski definition) is 0. The molecule has 0 atom stereocenters. The van der Waals surface area contributed by atoms with E-state index in [9.17, 15) is 5.21 Å². The zero-order valence-electron chi connectivity index (χ0n) is 8.04. The molecule has 0 aliphatic heterocycles. The Morgan fingerprint density at radius 3 is 3.06 bits per heavy atom. The van der Waals surface area contributed by atoms with Gasteiger partial charge in [0.1, 0.15) is 17.2 Å². The molecule has 0 bridgehead atoms. The zero-order chi connectivity index (χ0) is 11.1. The second-order valence-corrected chi connectivity index (χ2v) is 3.33. The van der Waals surface area contributed by atoms with Crippen LogP contribution in [0, 0.1) is 16.5 Å². The number of nitrogens with zero attached hydrogens (tertiary/aromatic N) is 3. The van der Waals surface area contributed by atoms with Crippen LogP contribution in [-0.4, -0.2) is 4.98 Å². The van der Waals surface area contributed by atoms with Gasteiger partial charge in [0, 0.05) is 12.3 Å². The first-order chi connectivity index (χ1) is 7.79.